The van der Waals surface area contributed by atoms with Gasteiger partial charge in [-0.2, -0.15) is 0 Å². The Hall–Kier alpha value is -2.50. The van der Waals surface area contributed by atoms with Crippen LogP contribution in [0.3, 0.4) is 0 Å². The zero-order valence-corrected chi connectivity index (χ0v) is 11.6. The van der Waals surface area contributed by atoms with E-state index < -0.39 is 0 Å². The number of amides is 1. The summed E-state index contributed by atoms with van der Waals surface area (Å²) < 4.78 is 0. The Morgan fingerprint density at radius 1 is 1.25 bits per heavy atom. The Morgan fingerprint density at radius 3 is 2.85 bits per heavy atom. The Labute approximate surface area is 117 Å². The molecule has 0 aromatic carbocycles. The number of nitrogens with zero attached hydrogens (tertiary/aromatic N) is 3. The molecule has 0 spiro atoms. The van der Waals surface area contributed by atoms with Gasteiger partial charge in [-0.1, -0.05) is 0 Å². The molecule has 104 valence electrons. The van der Waals surface area contributed by atoms with E-state index in [4.69, 9.17) is 0 Å². The highest BCUT2D eigenvalue weighted by Gasteiger charge is 2.09. The molecule has 2 aromatic rings. The molecule has 0 saturated carbocycles. The lowest BCUT2D eigenvalue weighted by atomic mass is 10.1. The van der Waals surface area contributed by atoms with E-state index in [1.165, 1.54) is 6.20 Å². The van der Waals surface area contributed by atoms with E-state index in [-0.39, 0.29) is 5.91 Å². The van der Waals surface area contributed by atoms with Gasteiger partial charge >= 0.3 is 0 Å². The van der Waals surface area contributed by atoms with Gasteiger partial charge in [0, 0.05) is 25.5 Å². The maximum absolute atomic E-state index is 12.0. The van der Waals surface area contributed by atoms with Gasteiger partial charge in [-0.3, -0.25) is 14.8 Å². The summed E-state index contributed by atoms with van der Waals surface area (Å²) in [6, 6.07) is 1.89. The summed E-state index contributed by atoms with van der Waals surface area (Å²) in [6.45, 7) is 5.09. The standard InChI is InChI=1S/C14H17N5O/c1-3-17-13-9-16-8-12(19-13)14(20)18-7-11-4-5-15-6-10(11)2/h4-6,8-9H,3,7H2,1-2H3,(H,17,19)(H,18,20). The number of aromatic nitrogens is 3. The van der Waals surface area contributed by atoms with Crippen LogP contribution in [0.5, 0.6) is 0 Å². The Kier molecular flexibility index (Phi) is 4.60. The van der Waals surface area contributed by atoms with Gasteiger partial charge in [-0.15, -0.1) is 0 Å². The topological polar surface area (TPSA) is 79.8 Å². The van der Waals surface area contributed by atoms with Crippen molar-refractivity contribution in [2.75, 3.05) is 11.9 Å². The smallest absolute Gasteiger partial charge is 0.271 e. The highest BCUT2D eigenvalue weighted by molar-refractivity contribution is 5.92. The average molecular weight is 271 g/mol. The first-order valence-corrected chi connectivity index (χ1v) is 6.44. The van der Waals surface area contributed by atoms with Crippen LogP contribution in [0.1, 0.15) is 28.5 Å². The lowest BCUT2D eigenvalue weighted by molar-refractivity contribution is 0.0945. The molecule has 1 amide bonds. The fourth-order valence-electron chi connectivity index (χ4n) is 1.71. The molecule has 6 nitrogen and oxygen atoms in total. The molecular weight excluding hydrogens is 254 g/mol. The van der Waals surface area contributed by atoms with Crippen molar-refractivity contribution in [3.8, 4) is 0 Å². The summed E-state index contributed by atoms with van der Waals surface area (Å²) in [5.41, 5.74) is 2.37. The minimum Gasteiger partial charge on any atom is -0.369 e. The second-order valence-electron chi connectivity index (χ2n) is 4.30. The highest BCUT2D eigenvalue weighted by Crippen LogP contribution is 2.05. The van der Waals surface area contributed by atoms with Crippen LogP contribution in [0, 0.1) is 6.92 Å². The van der Waals surface area contributed by atoms with Gasteiger partial charge in [0.2, 0.25) is 0 Å². The minimum absolute atomic E-state index is 0.242. The second-order valence-corrected chi connectivity index (χ2v) is 4.30. The van der Waals surface area contributed by atoms with Crippen LogP contribution in [0.25, 0.3) is 0 Å². The molecule has 0 fully saturated rings. The maximum Gasteiger partial charge on any atom is 0.271 e. The van der Waals surface area contributed by atoms with Crippen LogP contribution in [-0.2, 0) is 6.54 Å². The Morgan fingerprint density at radius 2 is 2.10 bits per heavy atom. The first-order valence-electron chi connectivity index (χ1n) is 6.44. The van der Waals surface area contributed by atoms with E-state index in [1.54, 1.807) is 18.6 Å². The van der Waals surface area contributed by atoms with E-state index in [0.717, 1.165) is 17.7 Å². The zero-order chi connectivity index (χ0) is 14.4. The van der Waals surface area contributed by atoms with E-state index >= 15 is 0 Å². The normalized spacial score (nSPS) is 10.1. The van der Waals surface area contributed by atoms with Crippen molar-refractivity contribution in [1.82, 2.24) is 20.3 Å². The second kappa shape index (κ2) is 6.60. The molecule has 2 N–H and O–H groups in total. The molecule has 0 aliphatic rings. The van der Waals surface area contributed by atoms with Crippen molar-refractivity contribution in [2.45, 2.75) is 20.4 Å². The number of pyridine rings is 1. The van der Waals surface area contributed by atoms with E-state index in [2.05, 4.69) is 25.6 Å². The Bertz CT molecular complexity index is 600. The molecule has 2 heterocycles. The van der Waals surface area contributed by atoms with E-state index in [9.17, 15) is 4.79 Å². The molecule has 0 bridgehead atoms. The molecule has 2 rings (SSSR count). The van der Waals surface area contributed by atoms with E-state index in [1.807, 2.05) is 19.9 Å². The van der Waals surface area contributed by atoms with Crippen molar-refractivity contribution >= 4 is 11.7 Å². The number of carbonyl (C=O) groups excluding carboxylic acids is 1. The quantitative estimate of drug-likeness (QED) is 0.862. The van der Waals surface area contributed by atoms with Gasteiger partial charge in [-0.05, 0) is 31.0 Å². The van der Waals surface area contributed by atoms with Crippen molar-refractivity contribution < 1.29 is 4.79 Å². The predicted molar refractivity (Wildman–Crippen MR) is 76.3 cm³/mol. The number of nitrogens with one attached hydrogen (secondary N) is 2. The van der Waals surface area contributed by atoms with Crippen LogP contribution in [0.4, 0.5) is 5.82 Å². The molecule has 2 aromatic heterocycles. The largest absolute Gasteiger partial charge is 0.369 e. The monoisotopic (exact) mass is 271 g/mol. The molecule has 6 heteroatoms. The maximum atomic E-state index is 12.0. The molecule has 0 aliphatic carbocycles. The molecule has 20 heavy (non-hydrogen) atoms. The lowest BCUT2D eigenvalue weighted by Gasteiger charge is -2.08. The predicted octanol–water partition coefficient (Wildman–Crippen LogP) is 1.54. The molecular formula is C14H17N5O. The van der Waals surface area contributed by atoms with Gasteiger partial charge < -0.3 is 10.6 Å². The van der Waals surface area contributed by atoms with Gasteiger partial charge in [0.1, 0.15) is 11.5 Å². The summed E-state index contributed by atoms with van der Waals surface area (Å²) in [5.74, 6) is 0.355. The van der Waals surface area contributed by atoms with Crippen molar-refractivity contribution in [2.24, 2.45) is 0 Å². The van der Waals surface area contributed by atoms with Crippen LogP contribution < -0.4 is 10.6 Å². The SMILES string of the molecule is CCNc1cncc(C(=O)NCc2ccncc2C)n1. The number of rotatable bonds is 5. The molecule has 0 saturated heterocycles. The third-order valence-corrected chi connectivity index (χ3v) is 2.80. The average Bonchev–Trinajstić information content (AvgIpc) is 2.47. The summed E-state index contributed by atoms with van der Waals surface area (Å²) >= 11 is 0. The molecule has 0 aliphatic heterocycles. The first-order chi connectivity index (χ1) is 9.70. The highest BCUT2D eigenvalue weighted by atomic mass is 16.1. The van der Waals surface area contributed by atoms with Crippen LogP contribution >= 0.6 is 0 Å². The summed E-state index contributed by atoms with van der Waals surface area (Å²) in [4.78, 5) is 24.2. The van der Waals surface area contributed by atoms with E-state index in [0.29, 0.717) is 18.1 Å². The van der Waals surface area contributed by atoms with Crippen molar-refractivity contribution in [3.63, 3.8) is 0 Å². The van der Waals surface area contributed by atoms with Gasteiger partial charge in [-0.25, -0.2) is 4.98 Å². The molecule has 0 unspecified atom stereocenters. The van der Waals surface area contributed by atoms with Gasteiger partial charge in [0.25, 0.3) is 5.91 Å². The summed E-state index contributed by atoms with van der Waals surface area (Å²) in [5, 5.41) is 5.85. The number of anilines is 1. The number of hydrogen-bond acceptors (Lipinski definition) is 5. The van der Waals surface area contributed by atoms with Crippen LogP contribution in [-0.4, -0.2) is 27.4 Å². The van der Waals surface area contributed by atoms with Crippen LogP contribution in [0.15, 0.2) is 30.9 Å². The number of carbonyl (C=O) groups is 1. The fourth-order valence-corrected chi connectivity index (χ4v) is 1.71. The molecule has 0 atom stereocenters. The first kappa shape index (κ1) is 13.9. The van der Waals surface area contributed by atoms with Crippen LogP contribution in [0.2, 0.25) is 0 Å². The summed E-state index contributed by atoms with van der Waals surface area (Å²) in [6.07, 6.45) is 6.52. The lowest BCUT2D eigenvalue weighted by Crippen LogP contribution is -2.24. The minimum atomic E-state index is -0.242. The molecule has 0 radical (unpaired) electrons. The third kappa shape index (κ3) is 3.50. The number of aryl methyl sites for hydroxylation is 1. The number of hydrogen-bond donors (Lipinski definition) is 2. The van der Waals surface area contributed by atoms with Crippen molar-refractivity contribution in [1.29, 1.82) is 0 Å². The Balaban J connectivity index is 2.01. The third-order valence-electron chi connectivity index (χ3n) is 2.80. The summed E-state index contributed by atoms with van der Waals surface area (Å²) in [7, 11) is 0. The van der Waals surface area contributed by atoms with Gasteiger partial charge in [0.05, 0.1) is 12.4 Å². The zero-order valence-electron chi connectivity index (χ0n) is 11.6. The van der Waals surface area contributed by atoms with Crippen molar-refractivity contribution in [3.05, 3.63) is 47.7 Å². The fraction of sp³-hybridized carbons (Fsp3) is 0.286. The van der Waals surface area contributed by atoms with Gasteiger partial charge in [0.15, 0.2) is 0 Å².